The van der Waals surface area contributed by atoms with Crippen LogP contribution in [0.2, 0.25) is 0 Å². The molecule has 2 aromatic carbocycles. The minimum atomic E-state index is -0.440. The van der Waals surface area contributed by atoms with E-state index in [9.17, 15) is 5.11 Å². The van der Waals surface area contributed by atoms with Crippen LogP contribution in [0.15, 0.2) is 42.5 Å². The zero-order valence-corrected chi connectivity index (χ0v) is 12.1. The summed E-state index contributed by atoms with van der Waals surface area (Å²) < 4.78 is 11.0. The van der Waals surface area contributed by atoms with E-state index in [0.29, 0.717) is 6.61 Å². The number of morpholine rings is 1. The Bertz CT molecular complexity index is 581. The van der Waals surface area contributed by atoms with E-state index in [4.69, 9.17) is 9.47 Å². The van der Waals surface area contributed by atoms with Crippen LogP contribution in [0.4, 0.5) is 0 Å². The van der Waals surface area contributed by atoms with Crippen LogP contribution < -0.4 is 9.64 Å². The average Bonchev–Trinajstić information content (AvgIpc) is 2.54. The summed E-state index contributed by atoms with van der Waals surface area (Å²) in [4.78, 5) is 1.39. The van der Waals surface area contributed by atoms with Crippen LogP contribution >= 0.6 is 0 Å². The SMILES string of the molecule is OC(COc1ccc2ccccc2c1)C[NH+]1CCOCC1. The predicted molar refractivity (Wildman–Crippen MR) is 81.8 cm³/mol. The molecule has 112 valence electrons. The maximum Gasteiger partial charge on any atom is 0.137 e. The first-order chi connectivity index (χ1) is 10.3. The normalized spacial score (nSPS) is 17.8. The molecule has 1 fully saturated rings. The highest BCUT2D eigenvalue weighted by Crippen LogP contribution is 2.20. The number of hydrogen-bond acceptors (Lipinski definition) is 3. The number of fused-ring (bicyclic) bond motifs is 1. The largest absolute Gasteiger partial charge is 0.491 e. The van der Waals surface area contributed by atoms with Crippen LogP contribution in [0, 0.1) is 0 Å². The van der Waals surface area contributed by atoms with Gasteiger partial charge < -0.3 is 19.5 Å². The number of aliphatic hydroxyl groups excluding tert-OH is 1. The third kappa shape index (κ3) is 3.94. The molecular formula is C17H22NO3+. The van der Waals surface area contributed by atoms with E-state index in [1.165, 1.54) is 10.3 Å². The second-order valence-corrected chi connectivity index (χ2v) is 5.54. The van der Waals surface area contributed by atoms with E-state index < -0.39 is 6.10 Å². The molecule has 2 N–H and O–H groups in total. The summed E-state index contributed by atoms with van der Waals surface area (Å²) in [6.07, 6.45) is -0.440. The third-order valence-electron chi connectivity index (χ3n) is 3.89. The Morgan fingerprint density at radius 3 is 2.67 bits per heavy atom. The molecule has 0 bridgehead atoms. The summed E-state index contributed by atoms with van der Waals surface area (Å²) >= 11 is 0. The van der Waals surface area contributed by atoms with Crippen molar-refractivity contribution in [2.75, 3.05) is 39.5 Å². The zero-order chi connectivity index (χ0) is 14.5. The van der Waals surface area contributed by atoms with Gasteiger partial charge in [-0.1, -0.05) is 30.3 Å². The highest BCUT2D eigenvalue weighted by molar-refractivity contribution is 5.83. The van der Waals surface area contributed by atoms with Gasteiger partial charge in [0, 0.05) is 0 Å². The summed E-state index contributed by atoms with van der Waals surface area (Å²) in [6.45, 7) is 4.56. The molecule has 21 heavy (non-hydrogen) atoms. The lowest BCUT2D eigenvalue weighted by Crippen LogP contribution is -3.15. The number of aliphatic hydroxyl groups is 1. The van der Waals surface area contributed by atoms with Crippen LogP contribution in [0.3, 0.4) is 0 Å². The van der Waals surface area contributed by atoms with Crippen molar-refractivity contribution in [1.82, 2.24) is 0 Å². The number of rotatable bonds is 5. The first-order valence-corrected chi connectivity index (χ1v) is 7.52. The second kappa shape index (κ2) is 6.89. The van der Waals surface area contributed by atoms with Crippen molar-refractivity contribution < 1.29 is 19.5 Å². The van der Waals surface area contributed by atoms with Crippen molar-refractivity contribution in [3.05, 3.63) is 42.5 Å². The number of hydrogen-bond donors (Lipinski definition) is 2. The fraction of sp³-hybridized carbons (Fsp3) is 0.412. The standard InChI is InChI=1S/C17H21NO3/c19-16(12-18-7-9-20-10-8-18)13-21-17-6-5-14-3-1-2-4-15(14)11-17/h1-6,11,16,19H,7-10,12-13H2/p+1. The van der Waals surface area contributed by atoms with Crippen molar-refractivity contribution in [2.45, 2.75) is 6.10 Å². The van der Waals surface area contributed by atoms with Gasteiger partial charge in [-0.05, 0) is 22.9 Å². The molecule has 4 heteroatoms. The Kier molecular flexibility index (Phi) is 4.70. The lowest BCUT2D eigenvalue weighted by molar-refractivity contribution is -0.911. The predicted octanol–water partition coefficient (Wildman–Crippen LogP) is 0.495. The van der Waals surface area contributed by atoms with Gasteiger partial charge in [0.1, 0.15) is 38.1 Å². The fourth-order valence-electron chi connectivity index (χ4n) is 2.71. The fourth-order valence-corrected chi connectivity index (χ4v) is 2.71. The smallest absolute Gasteiger partial charge is 0.137 e. The van der Waals surface area contributed by atoms with Gasteiger partial charge in [-0.15, -0.1) is 0 Å². The van der Waals surface area contributed by atoms with Gasteiger partial charge in [0.2, 0.25) is 0 Å². The minimum Gasteiger partial charge on any atom is -0.491 e. The second-order valence-electron chi connectivity index (χ2n) is 5.54. The number of benzene rings is 2. The van der Waals surface area contributed by atoms with Crippen molar-refractivity contribution in [3.8, 4) is 5.75 Å². The van der Waals surface area contributed by atoms with Crippen LogP contribution in [0.5, 0.6) is 5.75 Å². The molecule has 1 unspecified atom stereocenters. The number of ether oxygens (including phenoxy) is 2. The van der Waals surface area contributed by atoms with Gasteiger partial charge in [0.25, 0.3) is 0 Å². The monoisotopic (exact) mass is 288 g/mol. The Hall–Kier alpha value is -1.62. The minimum absolute atomic E-state index is 0.336. The molecule has 1 saturated heterocycles. The maximum absolute atomic E-state index is 10.1. The summed E-state index contributed by atoms with van der Waals surface area (Å²) in [7, 11) is 0. The first-order valence-electron chi connectivity index (χ1n) is 7.52. The first kappa shape index (κ1) is 14.3. The summed E-state index contributed by atoms with van der Waals surface area (Å²) in [5, 5.41) is 12.4. The summed E-state index contributed by atoms with van der Waals surface area (Å²) in [5.74, 6) is 0.810. The Morgan fingerprint density at radius 2 is 1.86 bits per heavy atom. The third-order valence-corrected chi connectivity index (χ3v) is 3.89. The van der Waals surface area contributed by atoms with Crippen molar-refractivity contribution in [1.29, 1.82) is 0 Å². The van der Waals surface area contributed by atoms with Crippen molar-refractivity contribution in [2.24, 2.45) is 0 Å². The van der Waals surface area contributed by atoms with Gasteiger partial charge in [0.15, 0.2) is 0 Å². The van der Waals surface area contributed by atoms with Gasteiger partial charge in [-0.25, -0.2) is 0 Å². The van der Waals surface area contributed by atoms with Crippen LogP contribution in [0.1, 0.15) is 0 Å². The highest BCUT2D eigenvalue weighted by Gasteiger charge is 2.18. The van der Waals surface area contributed by atoms with E-state index in [0.717, 1.165) is 44.0 Å². The number of quaternary nitrogens is 1. The summed E-state index contributed by atoms with van der Waals surface area (Å²) in [6, 6.07) is 14.2. The molecule has 0 aliphatic carbocycles. The average molecular weight is 288 g/mol. The maximum atomic E-state index is 10.1. The molecule has 1 aliphatic rings. The quantitative estimate of drug-likeness (QED) is 0.842. The molecule has 0 spiro atoms. The van der Waals surface area contributed by atoms with Crippen molar-refractivity contribution in [3.63, 3.8) is 0 Å². The molecule has 4 nitrogen and oxygen atoms in total. The summed E-state index contributed by atoms with van der Waals surface area (Å²) in [5.41, 5.74) is 0. The molecule has 0 aromatic heterocycles. The van der Waals surface area contributed by atoms with E-state index in [2.05, 4.69) is 12.1 Å². The molecule has 0 amide bonds. The van der Waals surface area contributed by atoms with E-state index in [1.54, 1.807) is 0 Å². The lowest BCUT2D eigenvalue weighted by atomic mass is 10.1. The van der Waals surface area contributed by atoms with Crippen molar-refractivity contribution >= 4 is 10.8 Å². The molecule has 1 heterocycles. The van der Waals surface area contributed by atoms with Crippen LogP contribution in [-0.4, -0.2) is 50.7 Å². The topological polar surface area (TPSA) is 43.1 Å². The highest BCUT2D eigenvalue weighted by atomic mass is 16.5. The van der Waals surface area contributed by atoms with Gasteiger partial charge in [-0.3, -0.25) is 0 Å². The van der Waals surface area contributed by atoms with E-state index >= 15 is 0 Å². The zero-order valence-electron chi connectivity index (χ0n) is 12.1. The molecule has 2 aromatic rings. The van der Waals surface area contributed by atoms with Crippen LogP contribution in [-0.2, 0) is 4.74 Å². The van der Waals surface area contributed by atoms with Crippen LogP contribution in [0.25, 0.3) is 10.8 Å². The molecule has 0 radical (unpaired) electrons. The Balaban J connectivity index is 1.53. The van der Waals surface area contributed by atoms with Gasteiger partial charge in [-0.2, -0.15) is 0 Å². The Morgan fingerprint density at radius 1 is 1.10 bits per heavy atom. The number of nitrogens with one attached hydrogen (secondary N) is 1. The van der Waals surface area contributed by atoms with Gasteiger partial charge >= 0.3 is 0 Å². The Labute approximate surface area is 124 Å². The molecule has 1 atom stereocenters. The van der Waals surface area contributed by atoms with E-state index in [-0.39, 0.29) is 0 Å². The lowest BCUT2D eigenvalue weighted by Gasteiger charge is -2.25. The molecule has 1 aliphatic heterocycles. The van der Waals surface area contributed by atoms with Gasteiger partial charge in [0.05, 0.1) is 13.2 Å². The molecular weight excluding hydrogens is 266 g/mol. The van der Waals surface area contributed by atoms with E-state index in [1.807, 2.05) is 30.3 Å². The molecule has 3 rings (SSSR count). The molecule has 0 saturated carbocycles.